The zero-order valence-electron chi connectivity index (χ0n) is 17.9. The van der Waals surface area contributed by atoms with Gasteiger partial charge in [0.25, 0.3) is 0 Å². The summed E-state index contributed by atoms with van der Waals surface area (Å²) in [5.41, 5.74) is 2.80. The van der Waals surface area contributed by atoms with Gasteiger partial charge in [0.2, 0.25) is 5.95 Å². The number of anilines is 3. The van der Waals surface area contributed by atoms with Crippen LogP contribution in [0.1, 0.15) is 5.82 Å². The molecule has 1 saturated heterocycles. The van der Waals surface area contributed by atoms with Crippen LogP contribution in [0.25, 0.3) is 16.9 Å². The topological polar surface area (TPSA) is 81.0 Å². The fourth-order valence-electron chi connectivity index (χ4n) is 3.63. The summed E-state index contributed by atoms with van der Waals surface area (Å²) >= 11 is 0. The van der Waals surface area contributed by atoms with E-state index in [1.807, 2.05) is 31.2 Å². The molecule has 10 heteroatoms. The maximum absolute atomic E-state index is 14.5. The van der Waals surface area contributed by atoms with Crippen LogP contribution in [0.5, 0.6) is 0 Å². The smallest absolute Gasteiger partial charge is 0.227 e. The summed E-state index contributed by atoms with van der Waals surface area (Å²) in [4.78, 5) is 14.7. The molecule has 0 saturated carbocycles. The van der Waals surface area contributed by atoms with Crippen molar-refractivity contribution in [1.82, 2.24) is 24.7 Å². The van der Waals surface area contributed by atoms with Crippen molar-refractivity contribution in [2.45, 2.75) is 6.92 Å². The van der Waals surface area contributed by atoms with Crippen molar-refractivity contribution >= 4 is 17.3 Å². The first kappa shape index (κ1) is 21.0. The fraction of sp³-hybridized carbons (Fsp3) is 0.217. The van der Waals surface area contributed by atoms with Gasteiger partial charge in [-0.3, -0.25) is 0 Å². The monoisotopic (exact) mass is 449 g/mol. The first-order valence-electron chi connectivity index (χ1n) is 10.5. The molecule has 2 aromatic heterocycles. The molecule has 168 valence electrons. The predicted octanol–water partition coefficient (Wildman–Crippen LogP) is 3.89. The minimum atomic E-state index is -0.916. The third-order valence-corrected chi connectivity index (χ3v) is 5.31. The maximum atomic E-state index is 14.5. The third-order valence-electron chi connectivity index (χ3n) is 5.31. The van der Waals surface area contributed by atoms with E-state index in [9.17, 15) is 8.78 Å². The molecule has 1 fully saturated rings. The molecule has 0 spiro atoms. The number of ether oxygens (including phenoxy) is 1. The van der Waals surface area contributed by atoms with Gasteiger partial charge in [0, 0.05) is 30.5 Å². The van der Waals surface area contributed by atoms with E-state index in [0.29, 0.717) is 49.3 Å². The van der Waals surface area contributed by atoms with Crippen LogP contribution in [-0.4, -0.2) is 51.0 Å². The van der Waals surface area contributed by atoms with Crippen LogP contribution >= 0.6 is 0 Å². The average molecular weight is 449 g/mol. The standard InChI is InChI=1S/C23H21F2N7O/c1-15-27-14-32(30-15)18-4-2-17(3-5-18)28-23-26-7-6-20(29-23)16-12-19(24)22(25)21(13-16)31-8-10-33-11-9-31/h2-7,12-14H,8-11H2,1H3,(H,26,28,29). The Morgan fingerprint density at radius 2 is 1.79 bits per heavy atom. The van der Waals surface area contributed by atoms with E-state index in [2.05, 4.69) is 25.4 Å². The van der Waals surface area contributed by atoms with Gasteiger partial charge < -0.3 is 15.0 Å². The third kappa shape index (κ3) is 4.51. The number of morpholine rings is 1. The van der Waals surface area contributed by atoms with Gasteiger partial charge in [0.05, 0.1) is 30.3 Å². The molecule has 5 rings (SSSR count). The number of aromatic nitrogens is 5. The Kier molecular flexibility index (Phi) is 5.66. The van der Waals surface area contributed by atoms with E-state index in [-0.39, 0.29) is 5.69 Å². The second-order valence-electron chi connectivity index (χ2n) is 7.56. The molecule has 0 aliphatic carbocycles. The largest absolute Gasteiger partial charge is 0.378 e. The molecule has 0 atom stereocenters. The quantitative estimate of drug-likeness (QED) is 0.495. The van der Waals surface area contributed by atoms with Crippen molar-refractivity contribution in [3.8, 4) is 16.9 Å². The molecule has 1 aliphatic rings. The van der Waals surface area contributed by atoms with Gasteiger partial charge in [-0.1, -0.05) is 0 Å². The van der Waals surface area contributed by atoms with Crippen molar-refractivity contribution in [3.63, 3.8) is 0 Å². The highest BCUT2D eigenvalue weighted by Gasteiger charge is 2.20. The first-order chi connectivity index (χ1) is 16.1. The second-order valence-corrected chi connectivity index (χ2v) is 7.56. The van der Waals surface area contributed by atoms with Crippen LogP contribution in [0.4, 0.5) is 26.1 Å². The Bertz CT molecular complexity index is 1270. The minimum Gasteiger partial charge on any atom is -0.378 e. The second kappa shape index (κ2) is 8.91. The Hall–Kier alpha value is -3.92. The highest BCUT2D eigenvalue weighted by molar-refractivity contribution is 5.68. The summed E-state index contributed by atoms with van der Waals surface area (Å²) in [7, 11) is 0. The molecule has 3 heterocycles. The highest BCUT2D eigenvalue weighted by Crippen LogP contribution is 2.30. The molecular weight excluding hydrogens is 428 g/mol. The van der Waals surface area contributed by atoms with E-state index in [0.717, 1.165) is 17.4 Å². The number of benzene rings is 2. The lowest BCUT2D eigenvalue weighted by atomic mass is 10.1. The molecule has 1 N–H and O–H groups in total. The average Bonchev–Trinajstić information content (AvgIpc) is 3.28. The molecule has 0 unspecified atom stereocenters. The first-order valence-corrected chi connectivity index (χ1v) is 10.5. The summed E-state index contributed by atoms with van der Waals surface area (Å²) in [6, 6.07) is 12.0. The lowest BCUT2D eigenvalue weighted by Gasteiger charge is -2.29. The van der Waals surface area contributed by atoms with E-state index in [1.165, 1.54) is 0 Å². The number of hydrogen-bond acceptors (Lipinski definition) is 7. The molecule has 8 nitrogen and oxygen atoms in total. The van der Waals surface area contributed by atoms with Gasteiger partial charge >= 0.3 is 0 Å². The summed E-state index contributed by atoms with van der Waals surface area (Å²) < 4.78 is 35.9. The van der Waals surface area contributed by atoms with Gasteiger partial charge in [0.1, 0.15) is 12.2 Å². The van der Waals surface area contributed by atoms with E-state index >= 15 is 0 Å². The summed E-state index contributed by atoms with van der Waals surface area (Å²) in [6.07, 6.45) is 3.23. The number of aryl methyl sites for hydroxylation is 1. The lowest BCUT2D eigenvalue weighted by molar-refractivity contribution is 0.122. The minimum absolute atomic E-state index is 0.209. The van der Waals surface area contributed by atoms with Crippen LogP contribution in [-0.2, 0) is 4.74 Å². The van der Waals surface area contributed by atoms with Crippen LogP contribution in [0.2, 0.25) is 0 Å². The van der Waals surface area contributed by atoms with Gasteiger partial charge in [-0.25, -0.2) is 28.4 Å². The Balaban J connectivity index is 1.39. The molecule has 2 aromatic carbocycles. The summed E-state index contributed by atoms with van der Waals surface area (Å²) in [5.74, 6) is -0.747. The van der Waals surface area contributed by atoms with E-state index in [4.69, 9.17) is 4.74 Å². The van der Waals surface area contributed by atoms with Crippen LogP contribution in [0.3, 0.4) is 0 Å². The van der Waals surface area contributed by atoms with E-state index in [1.54, 1.807) is 34.2 Å². The SMILES string of the molecule is Cc1ncn(-c2ccc(Nc3nccc(-c4cc(F)c(F)c(N5CCOCC5)c4)n3)cc2)n1. The highest BCUT2D eigenvalue weighted by atomic mass is 19.2. The van der Waals surface area contributed by atoms with Crippen molar-refractivity contribution in [2.24, 2.45) is 0 Å². The zero-order chi connectivity index (χ0) is 22.8. The Morgan fingerprint density at radius 3 is 2.52 bits per heavy atom. The number of halogens is 2. The van der Waals surface area contributed by atoms with Crippen molar-refractivity contribution < 1.29 is 13.5 Å². The van der Waals surface area contributed by atoms with Gasteiger partial charge in [0.15, 0.2) is 11.6 Å². The molecule has 4 aromatic rings. The molecule has 33 heavy (non-hydrogen) atoms. The van der Waals surface area contributed by atoms with Crippen LogP contribution in [0.15, 0.2) is 55.0 Å². The van der Waals surface area contributed by atoms with Crippen LogP contribution < -0.4 is 10.2 Å². The number of nitrogens with one attached hydrogen (secondary N) is 1. The normalized spacial score (nSPS) is 13.8. The van der Waals surface area contributed by atoms with Crippen molar-refractivity contribution in [3.05, 3.63) is 72.4 Å². The fourth-order valence-corrected chi connectivity index (χ4v) is 3.63. The van der Waals surface area contributed by atoms with Gasteiger partial charge in [-0.05, 0) is 49.4 Å². The lowest BCUT2D eigenvalue weighted by Crippen LogP contribution is -2.36. The molecule has 0 radical (unpaired) electrons. The number of hydrogen-bond donors (Lipinski definition) is 1. The molecular formula is C23H21F2N7O. The molecule has 0 amide bonds. The predicted molar refractivity (Wildman–Crippen MR) is 120 cm³/mol. The Labute approximate surface area is 188 Å². The van der Waals surface area contributed by atoms with Gasteiger partial charge in [-0.15, -0.1) is 0 Å². The number of nitrogens with zero attached hydrogens (tertiary/aromatic N) is 6. The van der Waals surface area contributed by atoms with Crippen molar-refractivity contribution in [1.29, 1.82) is 0 Å². The Morgan fingerprint density at radius 1 is 1.00 bits per heavy atom. The molecule has 0 bridgehead atoms. The zero-order valence-corrected chi connectivity index (χ0v) is 17.9. The van der Waals surface area contributed by atoms with E-state index < -0.39 is 11.6 Å². The van der Waals surface area contributed by atoms with Crippen molar-refractivity contribution in [2.75, 3.05) is 36.5 Å². The number of rotatable bonds is 5. The van der Waals surface area contributed by atoms with Gasteiger partial charge in [-0.2, -0.15) is 5.10 Å². The maximum Gasteiger partial charge on any atom is 0.227 e. The summed E-state index contributed by atoms with van der Waals surface area (Å²) in [6.45, 7) is 3.78. The molecule has 1 aliphatic heterocycles. The summed E-state index contributed by atoms with van der Waals surface area (Å²) in [5, 5.41) is 7.43. The van der Waals surface area contributed by atoms with Crippen LogP contribution in [0, 0.1) is 18.6 Å².